The van der Waals surface area contributed by atoms with Crippen molar-refractivity contribution in [1.82, 2.24) is 19.6 Å². The van der Waals surface area contributed by atoms with E-state index in [2.05, 4.69) is 0 Å². The fourth-order valence-electron chi connectivity index (χ4n) is 4.63. The number of amides is 2. The average Bonchev–Trinajstić information content (AvgIpc) is 3.24. The predicted octanol–water partition coefficient (Wildman–Crippen LogP) is -1.38. The van der Waals surface area contributed by atoms with Crippen molar-refractivity contribution in [2.24, 2.45) is 0 Å². The molecular weight excluding hydrogens is 600 g/mol. The Morgan fingerprint density at radius 1 is 0.689 bits per heavy atom. The quantitative estimate of drug-likeness (QED) is 0.0686. The van der Waals surface area contributed by atoms with Gasteiger partial charge in [0.15, 0.2) is 0 Å². The van der Waals surface area contributed by atoms with Crippen molar-refractivity contribution < 1.29 is 63.8 Å². The number of carbonyl (C=O) groups excluding carboxylic acids is 2. The molecule has 1 atom stereocenters. The molecule has 0 bridgehead atoms. The molecule has 17 heteroatoms. The second-order valence-electron chi connectivity index (χ2n) is 10.2. The van der Waals surface area contributed by atoms with Crippen LogP contribution in [0, 0.1) is 0 Å². The summed E-state index contributed by atoms with van der Waals surface area (Å²) in [6, 6.07) is 5.76. The van der Waals surface area contributed by atoms with Gasteiger partial charge in [0, 0.05) is 44.4 Å². The summed E-state index contributed by atoms with van der Waals surface area (Å²) in [4.78, 5) is 85.2. The summed E-state index contributed by atoms with van der Waals surface area (Å²) in [5.74, 6) is -6.75. The number of aliphatic carboxylic acids is 5. The van der Waals surface area contributed by atoms with Gasteiger partial charge in [0.05, 0.1) is 39.3 Å². The van der Waals surface area contributed by atoms with Crippen LogP contribution < -0.4 is 4.74 Å². The second-order valence-corrected chi connectivity index (χ2v) is 10.2. The van der Waals surface area contributed by atoms with Crippen molar-refractivity contribution in [2.45, 2.75) is 18.9 Å². The highest BCUT2D eigenvalue weighted by molar-refractivity contribution is 6.12. The van der Waals surface area contributed by atoms with Crippen LogP contribution in [0.3, 0.4) is 0 Å². The van der Waals surface area contributed by atoms with E-state index >= 15 is 0 Å². The third-order valence-electron chi connectivity index (χ3n) is 6.56. The number of nitrogens with zero attached hydrogens (tertiary/aromatic N) is 4. The van der Waals surface area contributed by atoms with E-state index in [-0.39, 0.29) is 39.2 Å². The van der Waals surface area contributed by atoms with Gasteiger partial charge >= 0.3 is 29.8 Å². The number of carboxylic acids is 5. The van der Waals surface area contributed by atoms with Crippen molar-refractivity contribution in [3.63, 3.8) is 0 Å². The largest absolute Gasteiger partial charge is 0.494 e. The van der Waals surface area contributed by atoms with E-state index in [0.29, 0.717) is 17.7 Å². The normalized spacial score (nSPS) is 13.5. The van der Waals surface area contributed by atoms with Gasteiger partial charge in [-0.25, -0.2) is 0 Å². The summed E-state index contributed by atoms with van der Waals surface area (Å²) in [7, 11) is 0. The number of carbonyl (C=O) groups is 7. The average molecular weight is 637 g/mol. The minimum atomic E-state index is -1.31. The number of ether oxygens (including phenoxy) is 1. The number of carboxylic acid groups (broad SMARTS) is 5. The summed E-state index contributed by atoms with van der Waals surface area (Å²) in [6.07, 6.45) is 2.87. The Balaban J connectivity index is 2.16. The molecule has 1 heterocycles. The molecule has 2 rings (SSSR count). The zero-order chi connectivity index (χ0) is 33.5. The maximum Gasteiger partial charge on any atom is 0.317 e. The van der Waals surface area contributed by atoms with Gasteiger partial charge in [-0.15, -0.1) is 0 Å². The lowest BCUT2D eigenvalue weighted by Crippen LogP contribution is -2.51. The van der Waals surface area contributed by atoms with Crippen LogP contribution in [-0.2, 0) is 40.0 Å². The van der Waals surface area contributed by atoms with Crippen LogP contribution in [0.25, 0.3) is 0 Å². The lowest BCUT2D eigenvalue weighted by atomic mass is 10.0. The van der Waals surface area contributed by atoms with E-state index in [1.807, 2.05) is 0 Å². The molecule has 5 N–H and O–H groups in total. The van der Waals surface area contributed by atoms with Gasteiger partial charge in [-0.3, -0.25) is 53.2 Å². The Bertz CT molecular complexity index is 1220. The van der Waals surface area contributed by atoms with Crippen LogP contribution in [0.1, 0.15) is 12.0 Å². The Hall–Kier alpha value is -4.87. The number of rotatable bonds is 23. The fourth-order valence-corrected chi connectivity index (χ4v) is 4.63. The Labute approximate surface area is 257 Å². The molecule has 0 saturated carbocycles. The Morgan fingerprint density at radius 3 is 1.64 bits per heavy atom. The van der Waals surface area contributed by atoms with Crippen LogP contribution >= 0.6 is 0 Å². The zero-order valence-electron chi connectivity index (χ0n) is 24.3. The number of benzene rings is 1. The lowest BCUT2D eigenvalue weighted by molar-refractivity contribution is -0.144. The molecule has 246 valence electrons. The molecule has 45 heavy (non-hydrogen) atoms. The van der Waals surface area contributed by atoms with E-state index in [9.17, 15) is 48.9 Å². The third-order valence-corrected chi connectivity index (χ3v) is 6.56. The topological polar surface area (TPSA) is 243 Å². The molecule has 1 aromatic carbocycles. The molecule has 0 aliphatic carbocycles. The van der Waals surface area contributed by atoms with E-state index < -0.39 is 80.4 Å². The van der Waals surface area contributed by atoms with Crippen LogP contribution in [-0.4, -0.2) is 158 Å². The van der Waals surface area contributed by atoms with Gasteiger partial charge in [0.25, 0.3) is 11.8 Å². The first-order valence-electron chi connectivity index (χ1n) is 13.8. The third kappa shape index (κ3) is 14.0. The van der Waals surface area contributed by atoms with Gasteiger partial charge < -0.3 is 30.3 Å². The minimum absolute atomic E-state index is 0.0944. The van der Waals surface area contributed by atoms with Gasteiger partial charge in [-0.1, -0.05) is 12.1 Å². The van der Waals surface area contributed by atoms with E-state index in [4.69, 9.17) is 14.9 Å². The Kier molecular flexibility index (Phi) is 14.6. The predicted molar refractivity (Wildman–Crippen MR) is 153 cm³/mol. The molecule has 1 aliphatic rings. The first-order chi connectivity index (χ1) is 21.2. The molecule has 0 saturated heterocycles. The number of imide groups is 1. The molecule has 1 aliphatic heterocycles. The van der Waals surface area contributed by atoms with Crippen molar-refractivity contribution in [3.8, 4) is 5.75 Å². The smallest absolute Gasteiger partial charge is 0.317 e. The van der Waals surface area contributed by atoms with Gasteiger partial charge in [0.1, 0.15) is 5.75 Å². The highest BCUT2D eigenvalue weighted by Crippen LogP contribution is 2.17. The first-order valence-corrected chi connectivity index (χ1v) is 13.8. The monoisotopic (exact) mass is 636 g/mol. The fraction of sp³-hybridized carbons (Fsp3) is 0.464. The molecule has 0 aromatic heterocycles. The molecule has 0 spiro atoms. The Morgan fingerprint density at radius 2 is 1.16 bits per heavy atom. The first kappa shape index (κ1) is 36.3. The maximum absolute atomic E-state index is 11.6. The highest BCUT2D eigenvalue weighted by atomic mass is 16.5. The van der Waals surface area contributed by atoms with Crippen molar-refractivity contribution >= 4 is 41.7 Å². The molecule has 1 aromatic rings. The molecule has 2 amide bonds. The minimum Gasteiger partial charge on any atom is -0.494 e. The van der Waals surface area contributed by atoms with Crippen molar-refractivity contribution in [2.75, 3.05) is 65.5 Å². The maximum atomic E-state index is 11.6. The summed E-state index contributed by atoms with van der Waals surface area (Å²) in [6.45, 7) is -3.10. The summed E-state index contributed by atoms with van der Waals surface area (Å²) in [5, 5.41) is 46.6. The number of hydrogen-bond donors (Lipinski definition) is 5. The van der Waals surface area contributed by atoms with Crippen LogP contribution in [0.2, 0.25) is 0 Å². The molecule has 1 unspecified atom stereocenters. The molecule has 0 radical (unpaired) electrons. The van der Waals surface area contributed by atoms with Gasteiger partial charge in [0.2, 0.25) is 0 Å². The zero-order valence-corrected chi connectivity index (χ0v) is 24.3. The summed E-state index contributed by atoms with van der Waals surface area (Å²) < 4.78 is 5.67. The van der Waals surface area contributed by atoms with E-state index in [1.165, 1.54) is 22.0 Å². The second kappa shape index (κ2) is 18.1. The number of hydrogen-bond acceptors (Lipinski definition) is 11. The summed E-state index contributed by atoms with van der Waals surface area (Å²) in [5.41, 5.74) is 0.640. The SMILES string of the molecule is O=C(O)CN(CCN(CC(=O)O)CC(Cc1ccc(OCCCN2C(=O)C=CC2=O)cc1)N(CC(=O)O)CC(=O)O)CC(=O)O. The van der Waals surface area contributed by atoms with Crippen LogP contribution in [0.15, 0.2) is 36.4 Å². The molecule has 0 fully saturated rings. The van der Waals surface area contributed by atoms with Gasteiger partial charge in [-0.2, -0.15) is 0 Å². The van der Waals surface area contributed by atoms with Crippen molar-refractivity contribution in [3.05, 3.63) is 42.0 Å². The van der Waals surface area contributed by atoms with Crippen LogP contribution in [0.5, 0.6) is 5.75 Å². The van der Waals surface area contributed by atoms with Crippen LogP contribution in [0.4, 0.5) is 0 Å². The van der Waals surface area contributed by atoms with E-state index in [1.54, 1.807) is 24.3 Å². The molecular formula is C28H36N4O13. The summed E-state index contributed by atoms with van der Waals surface area (Å²) >= 11 is 0. The van der Waals surface area contributed by atoms with Crippen molar-refractivity contribution in [1.29, 1.82) is 0 Å². The molecule has 17 nitrogen and oxygen atoms in total. The lowest BCUT2D eigenvalue weighted by Gasteiger charge is -2.34. The van der Waals surface area contributed by atoms with E-state index in [0.717, 1.165) is 9.80 Å². The highest BCUT2D eigenvalue weighted by Gasteiger charge is 2.27. The standard InChI is InChI=1S/C28H36N4O13/c33-22-6-7-23(34)32(22)8-1-11-45-21-4-2-19(3-5-21)12-20(31(17-27(41)42)18-28(43)44)13-29(14-24(35)36)9-10-30(15-25(37)38)16-26(39)40/h2-7,20H,1,8-18H2,(H,35,36)(H,37,38)(H,39,40)(H,41,42)(H,43,44). The van der Waals surface area contributed by atoms with Gasteiger partial charge in [-0.05, 0) is 30.5 Å².